The molecule has 0 amide bonds. The van der Waals surface area contributed by atoms with Crippen LogP contribution in [0, 0.1) is 3.57 Å². The lowest BCUT2D eigenvalue weighted by molar-refractivity contribution is -0.141. The van der Waals surface area contributed by atoms with Gasteiger partial charge in [-0.15, -0.1) is 0 Å². The number of benzene rings is 1. The summed E-state index contributed by atoms with van der Waals surface area (Å²) in [5.74, 6) is -0.829. The molecule has 0 saturated carbocycles. The number of anilines is 1. The van der Waals surface area contributed by atoms with E-state index in [1.54, 1.807) is 19.1 Å². The summed E-state index contributed by atoms with van der Waals surface area (Å²) in [5, 5.41) is 2.98. The van der Waals surface area contributed by atoms with Crippen LogP contribution >= 0.6 is 22.6 Å². The van der Waals surface area contributed by atoms with Crippen LogP contribution in [0.2, 0.25) is 0 Å². The van der Waals surface area contributed by atoms with Gasteiger partial charge in [-0.05, 0) is 68.5 Å². The molecular formula is C15H20INO4. The number of carbonyl (C=O) groups excluding carboxylic acids is 2. The molecule has 5 nitrogen and oxygen atoms in total. The van der Waals surface area contributed by atoms with Gasteiger partial charge in [0.1, 0.15) is 11.6 Å². The van der Waals surface area contributed by atoms with Crippen molar-refractivity contribution >= 4 is 40.2 Å². The van der Waals surface area contributed by atoms with Gasteiger partial charge < -0.3 is 14.8 Å². The van der Waals surface area contributed by atoms with Crippen LogP contribution in [-0.2, 0) is 14.3 Å². The average molecular weight is 405 g/mol. The van der Waals surface area contributed by atoms with Gasteiger partial charge in [0, 0.05) is 9.26 Å². The number of halogens is 1. The van der Waals surface area contributed by atoms with E-state index < -0.39 is 23.6 Å². The summed E-state index contributed by atoms with van der Waals surface area (Å²) in [7, 11) is 1.32. The molecule has 1 atom stereocenters. The Kier molecular flexibility index (Phi) is 6.00. The van der Waals surface area contributed by atoms with Crippen LogP contribution in [0.3, 0.4) is 0 Å². The van der Waals surface area contributed by atoms with E-state index in [1.165, 1.54) is 7.11 Å². The number of methoxy groups -OCH3 is 1. The quantitative estimate of drug-likeness (QED) is 0.616. The van der Waals surface area contributed by atoms with Gasteiger partial charge in [0.2, 0.25) is 0 Å². The number of nitrogens with one attached hydrogen (secondary N) is 1. The first kappa shape index (κ1) is 17.7. The molecule has 21 heavy (non-hydrogen) atoms. The van der Waals surface area contributed by atoms with Gasteiger partial charge in [-0.25, -0.2) is 9.59 Å². The monoisotopic (exact) mass is 405 g/mol. The summed E-state index contributed by atoms with van der Waals surface area (Å²) in [6.45, 7) is 7.09. The molecule has 0 saturated heterocycles. The van der Waals surface area contributed by atoms with E-state index in [0.29, 0.717) is 11.3 Å². The molecule has 1 N–H and O–H groups in total. The third kappa shape index (κ3) is 5.53. The maximum atomic E-state index is 12.3. The summed E-state index contributed by atoms with van der Waals surface area (Å²) >= 11 is 2.12. The fourth-order valence-electron chi connectivity index (χ4n) is 1.61. The fourth-order valence-corrected chi connectivity index (χ4v) is 2.10. The minimum absolute atomic E-state index is 0.396. The van der Waals surface area contributed by atoms with E-state index in [9.17, 15) is 9.59 Å². The number of carbonyl (C=O) groups is 2. The van der Waals surface area contributed by atoms with Crippen LogP contribution in [0.5, 0.6) is 0 Å². The fraction of sp³-hybridized carbons (Fsp3) is 0.467. The van der Waals surface area contributed by atoms with Crippen molar-refractivity contribution in [2.45, 2.75) is 39.3 Å². The van der Waals surface area contributed by atoms with Crippen molar-refractivity contribution in [3.05, 3.63) is 27.3 Å². The highest BCUT2D eigenvalue weighted by molar-refractivity contribution is 14.1. The third-order valence-electron chi connectivity index (χ3n) is 2.53. The van der Waals surface area contributed by atoms with E-state index in [4.69, 9.17) is 4.74 Å². The number of rotatable bonds is 4. The molecule has 1 aromatic carbocycles. The Hall–Kier alpha value is -1.31. The van der Waals surface area contributed by atoms with Crippen molar-refractivity contribution in [3.8, 4) is 0 Å². The molecule has 0 fully saturated rings. The topological polar surface area (TPSA) is 64.6 Å². The zero-order valence-electron chi connectivity index (χ0n) is 12.8. The predicted octanol–water partition coefficient (Wildman–Crippen LogP) is 3.22. The second-order valence-electron chi connectivity index (χ2n) is 5.58. The smallest absolute Gasteiger partial charge is 0.340 e. The van der Waals surface area contributed by atoms with Gasteiger partial charge in [0.25, 0.3) is 0 Å². The summed E-state index contributed by atoms with van der Waals surface area (Å²) in [5.41, 5.74) is 0.360. The standard InChI is InChI=1S/C15H20INO4/c1-9(13(18)20-5)17-12-7-6-10(16)8-11(12)14(19)21-15(2,3)4/h6-9,17H,1-5H3. The minimum Gasteiger partial charge on any atom is -0.467 e. The molecule has 1 unspecified atom stereocenters. The molecule has 0 radical (unpaired) electrons. The average Bonchev–Trinajstić information content (AvgIpc) is 2.37. The third-order valence-corrected chi connectivity index (χ3v) is 3.20. The summed E-state index contributed by atoms with van der Waals surface area (Å²) in [6, 6.07) is 4.76. The van der Waals surface area contributed by atoms with Crippen LogP contribution in [0.4, 0.5) is 5.69 Å². The van der Waals surface area contributed by atoms with E-state index in [-0.39, 0.29) is 0 Å². The second kappa shape index (κ2) is 7.11. The van der Waals surface area contributed by atoms with Crippen LogP contribution in [-0.4, -0.2) is 30.7 Å². The molecule has 0 bridgehead atoms. The van der Waals surface area contributed by atoms with Crippen molar-refractivity contribution < 1.29 is 19.1 Å². The zero-order valence-corrected chi connectivity index (χ0v) is 15.0. The number of esters is 2. The van der Waals surface area contributed by atoms with Crippen LogP contribution in [0.25, 0.3) is 0 Å². The molecule has 1 rings (SSSR count). The summed E-state index contributed by atoms with van der Waals surface area (Å²) in [4.78, 5) is 23.8. The van der Waals surface area contributed by atoms with Crippen LogP contribution in [0.15, 0.2) is 18.2 Å². The largest absolute Gasteiger partial charge is 0.467 e. The first-order valence-corrected chi connectivity index (χ1v) is 7.59. The van der Waals surface area contributed by atoms with E-state index >= 15 is 0 Å². The molecule has 0 aliphatic carbocycles. The number of hydrogen-bond acceptors (Lipinski definition) is 5. The molecule has 0 heterocycles. The van der Waals surface area contributed by atoms with Gasteiger partial charge >= 0.3 is 11.9 Å². The predicted molar refractivity (Wildman–Crippen MR) is 89.4 cm³/mol. The van der Waals surface area contributed by atoms with Gasteiger partial charge in [0.05, 0.1) is 12.7 Å². The Labute approximate surface area is 138 Å². The zero-order chi connectivity index (χ0) is 16.2. The molecule has 1 aromatic rings. The Morgan fingerprint density at radius 2 is 1.90 bits per heavy atom. The van der Waals surface area contributed by atoms with E-state index in [2.05, 4.69) is 32.6 Å². The molecule has 0 aromatic heterocycles. The highest BCUT2D eigenvalue weighted by Crippen LogP contribution is 2.23. The van der Waals surface area contributed by atoms with Crippen molar-refractivity contribution in [2.75, 3.05) is 12.4 Å². The number of hydrogen-bond donors (Lipinski definition) is 1. The van der Waals surface area contributed by atoms with Gasteiger partial charge in [-0.2, -0.15) is 0 Å². The van der Waals surface area contributed by atoms with Crippen LogP contribution < -0.4 is 5.32 Å². The highest BCUT2D eigenvalue weighted by atomic mass is 127. The molecule has 6 heteroatoms. The van der Waals surface area contributed by atoms with Crippen molar-refractivity contribution in [3.63, 3.8) is 0 Å². The van der Waals surface area contributed by atoms with Gasteiger partial charge in [-0.1, -0.05) is 0 Å². The maximum Gasteiger partial charge on any atom is 0.340 e. The summed E-state index contributed by atoms with van der Waals surface area (Å²) < 4.78 is 11.0. The number of ether oxygens (including phenoxy) is 2. The van der Waals surface area contributed by atoms with E-state index in [0.717, 1.165) is 3.57 Å². The molecular weight excluding hydrogens is 385 g/mol. The lowest BCUT2D eigenvalue weighted by Crippen LogP contribution is -2.29. The van der Waals surface area contributed by atoms with E-state index in [1.807, 2.05) is 26.8 Å². The Morgan fingerprint density at radius 3 is 2.43 bits per heavy atom. The maximum absolute atomic E-state index is 12.3. The van der Waals surface area contributed by atoms with Crippen molar-refractivity contribution in [1.82, 2.24) is 0 Å². The minimum atomic E-state index is -0.580. The molecule has 0 spiro atoms. The SMILES string of the molecule is COC(=O)C(C)Nc1ccc(I)cc1C(=O)OC(C)(C)C. The van der Waals surface area contributed by atoms with Crippen molar-refractivity contribution in [2.24, 2.45) is 0 Å². The lowest BCUT2D eigenvalue weighted by Gasteiger charge is -2.21. The lowest BCUT2D eigenvalue weighted by atomic mass is 10.1. The normalized spacial score (nSPS) is 12.5. The second-order valence-corrected chi connectivity index (χ2v) is 6.83. The van der Waals surface area contributed by atoms with Crippen LogP contribution in [0.1, 0.15) is 38.1 Å². The van der Waals surface area contributed by atoms with Gasteiger partial charge in [-0.3, -0.25) is 0 Å². The first-order chi connectivity index (χ1) is 9.64. The van der Waals surface area contributed by atoms with Gasteiger partial charge in [0.15, 0.2) is 0 Å². The highest BCUT2D eigenvalue weighted by Gasteiger charge is 2.22. The first-order valence-electron chi connectivity index (χ1n) is 6.51. The Bertz CT molecular complexity index is 537. The molecule has 116 valence electrons. The molecule has 0 aliphatic heterocycles. The molecule has 0 aliphatic rings. The Balaban J connectivity index is 3.05. The Morgan fingerprint density at radius 1 is 1.29 bits per heavy atom. The van der Waals surface area contributed by atoms with Crippen molar-refractivity contribution in [1.29, 1.82) is 0 Å². The summed E-state index contributed by atoms with van der Waals surface area (Å²) in [6.07, 6.45) is 0.